The molecular weight excluding hydrogens is 376 g/mol. The molecule has 0 aromatic heterocycles. The van der Waals surface area contributed by atoms with E-state index < -0.39 is 0 Å². The number of ether oxygens (including phenoxy) is 1. The van der Waals surface area contributed by atoms with E-state index >= 15 is 0 Å². The van der Waals surface area contributed by atoms with Crippen LogP contribution in [0.4, 0.5) is 0 Å². The number of para-hydroxylation sites is 1. The van der Waals surface area contributed by atoms with Gasteiger partial charge in [0.15, 0.2) is 0 Å². The highest BCUT2D eigenvalue weighted by atomic mass is 35.5. The van der Waals surface area contributed by atoms with Gasteiger partial charge in [0.1, 0.15) is 5.75 Å². The number of rotatable bonds is 7. The molecule has 148 valence electrons. The van der Waals surface area contributed by atoms with Crippen LogP contribution >= 0.6 is 11.6 Å². The van der Waals surface area contributed by atoms with Crippen LogP contribution in [0.3, 0.4) is 0 Å². The Balaban J connectivity index is 1.35. The smallest absolute Gasteiger partial charge is 0.251 e. The minimum absolute atomic E-state index is 0.0805. The highest BCUT2D eigenvalue weighted by molar-refractivity contribution is 6.30. The molecule has 28 heavy (non-hydrogen) atoms. The zero-order valence-electron chi connectivity index (χ0n) is 15.8. The summed E-state index contributed by atoms with van der Waals surface area (Å²) in [4.78, 5) is 26.6. The second-order valence-corrected chi connectivity index (χ2v) is 7.34. The summed E-state index contributed by atoms with van der Waals surface area (Å²) in [6, 6.07) is 16.6. The normalized spacial score (nSPS) is 14.5. The average Bonchev–Trinajstić information content (AvgIpc) is 2.72. The molecule has 0 spiro atoms. The molecule has 3 rings (SSSR count). The molecule has 1 aliphatic rings. The molecule has 1 fully saturated rings. The quantitative estimate of drug-likeness (QED) is 0.716. The number of nitrogens with one attached hydrogen (secondary N) is 1. The van der Waals surface area contributed by atoms with E-state index in [-0.39, 0.29) is 17.9 Å². The van der Waals surface area contributed by atoms with Crippen molar-refractivity contribution in [1.82, 2.24) is 10.2 Å². The van der Waals surface area contributed by atoms with Crippen molar-refractivity contribution >= 4 is 23.4 Å². The van der Waals surface area contributed by atoms with Crippen molar-refractivity contribution in [1.29, 1.82) is 0 Å². The first-order valence-corrected chi connectivity index (χ1v) is 10.0. The number of halogens is 1. The maximum atomic E-state index is 12.4. The first-order chi connectivity index (χ1) is 13.6. The van der Waals surface area contributed by atoms with Crippen LogP contribution < -0.4 is 10.1 Å². The number of amides is 2. The number of carbonyl (C=O) groups is 2. The van der Waals surface area contributed by atoms with Crippen LogP contribution in [0.2, 0.25) is 5.02 Å². The molecule has 0 unspecified atom stereocenters. The van der Waals surface area contributed by atoms with Gasteiger partial charge in [0.25, 0.3) is 5.91 Å². The van der Waals surface area contributed by atoms with Crippen molar-refractivity contribution in [3.05, 3.63) is 65.2 Å². The van der Waals surface area contributed by atoms with Crippen molar-refractivity contribution in [2.45, 2.75) is 31.7 Å². The van der Waals surface area contributed by atoms with Gasteiger partial charge in [0.2, 0.25) is 5.91 Å². The third-order valence-electron chi connectivity index (χ3n) is 4.82. The predicted octanol–water partition coefficient (Wildman–Crippen LogP) is 3.92. The topological polar surface area (TPSA) is 58.6 Å². The van der Waals surface area contributed by atoms with Gasteiger partial charge in [0.05, 0.1) is 6.61 Å². The fourth-order valence-corrected chi connectivity index (χ4v) is 3.45. The Morgan fingerprint density at radius 1 is 1.07 bits per heavy atom. The molecule has 2 aromatic rings. The van der Waals surface area contributed by atoms with E-state index in [4.69, 9.17) is 16.3 Å². The Hall–Kier alpha value is -2.53. The van der Waals surface area contributed by atoms with Gasteiger partial charge in [-0.1, -0.05) is 35.9 Å². The number of piperidine rings is 1. The largest absolute Gasteiger partial charge is 0.494 e. The molecule has 0 bridgehead atoms. The van der Waals surface area contributed by atoms with Crippen LogP contribution in [0, 0.1) is 0 Å². The minimum atomic E-state index is -0.120. The number of hydrogen-bond donors (Lipinski definition) is 1. The third kappa shape index (κ3) is 5.99. The summed E-state index contributed by atoms with van der Waals surface area (Å²) in [5, 5.41) is 3.58. The van der Waals surface area contributed by atoms with E-state index in [0.29, 0.717) is 43.1 Å². The second-order valence-electron chi connectivity index (χ2n) is 6.90. The van der Waals surface area contributed by atoms with Gasteiger partial charge in [-0.15, -0.1) is 0 Å². The monoisotopic (exact) mass is 400 g/mol. The second kappa shape index (κ2) is 10.1. The molecule has 1 heterocycles. The molecule has 2 amide bonds. The molecule has 0 radical (unpaired) electrons. The highest BCUT2D eigenvalue weighted by Crippen LogP contribution is 2.15. The first-order valence-electron chi connectivity index (χ1n) is 9.64. The van der Waals surface area contributed by atoms with Gasteiger partial charge in [-0.05, 0) is 49.6 Å². The molecular formula is C22H25ClN2O3. The fourth-order valence-electron chi connectivity index (χ4n) is 3.26. The third-order valence-corrected chi connectivity index (χ3v) is 5.05. The first kappa shape index (κ1) is 20.2. The maximum absolute atomic E-state index is 12.4. The van der Waals surface area contributed by atoms with Crippen molar-refractivity contribution < 1.29 is 14.3 Å². The van der Waals surface area contributed by atoms with E-state index in [1.165, 1.54) is 0 Å². The molecule has 5 nitrogen and oxygen atoms in total. The van der Waals surface area contributed by atoms with Crippen molar-refractivity contribution in [3.63, 3.8) is 0 Å². The van der Waals surface area contributed by atoms with E-state index in [1.807, 2.05) is 35.2 Å². The number of benzene rings is 2. The summed E-state index contributed by atoms with van der Waals surface area (Å²) in [6.45, 7) is 1.86. The van der Waals surface area contributed by atoms with Gasteiger partial charge >= 0.3 is 0 Å². The molecule has 0 atom stereocenters. The van der Waals surface area contributed by atoms with Crippen molar-refractivity contribution in [2.75, 3.05) is 19.7 Å². The summed E-state index contributed by atoms with van der Waals surface area (Å²) in [6.07, 6.45) is 2.70. The minimum Gasteiger partial charge on any atom is -0.494 e. The number of carbonyl (C=O) groups excluding carboxylic acids is 2. The van der Waals surface area contributed by atoms with Gasteiger partial charge in [0, 0.05) is 36.1 Å². The van der Waals surface area contributed by atoms with E-state index in [2.05, 4.69) is 5.32 Å². The van der Waals surface area contributed by atoms with Crippen LogP contribution in [0.25, 0.3) is 0 Å². The van der Waals surface area contributed by atoms with Crippen molar-refractivity contribution in [2.24, 2.45) is 0 Å². The summed E-state index contributed by atoms with van der Waals surface area (Å²) < 4.78 is 5.63. The SMILES string of the molecule is O=C(NC1CCN(C(=O)CCCOc2ccccc2)CC1)c1cccc(Cl)c1. The van der Waals surface area contributed by atoms with Gasteiger partial charge in [-0.25, -0.2) is 0 Å². The lowest BCUT2D eigenvalue weighted by Crippen LogP contribution is -2.46. The Kier molecular flexibility index (Phi) is 7.31. The Morgan fingerprint density at radius 3 is 2.54 bits per heavy atom. The Morgan fingerprint density at radius 2 is 1.82 bits per heavy atom. The average molecular weight is 401 g/mol. The molecule has 0 aliphatic carbocycles. The Labute approximate surface area is 170 Å². The highest BCUT2D eigenvalue weighted by Gasteiger charge is 2.23. The summed E-state index contributed by atoms with van der Waals surface area (Å²) in [7, 11) is 0. The van der Waals surface area contributed by atoms with Crippen LogP contribution in [-0.4, -0.2) is 42.5 Å². The molecule has 0 saturated carbocycles. The molecule has 1 N–H and O–H groups in total. The lowest BCUT2D eigenvalue weighted by molar-refractivity contribution is -0.132. The van der Waals surface area contributed by atoms with Gasteiger partial charge in [-0.2, -0.15) is 0 Å². The predicted molar refractivity (Wildman–Crippen MR) is 110 cm³/mol. The summed E-state index contributed by atoms with van der Waals surface area (Å²) >= 11 is 5.94. The molecule has 2 aromatic carbocycles. The summed E-state index contributed by atoms with van der Waals surface area (Å²) in [5.74, 6) is 0.854. The zero-order valence-corrected chi connectivity index (χ0v) is 16.5. The zero-order chi connectivity index (χ0) is 19.8. The maximum Gasteiger partial charge on any atom is 0.251 e. The van der Waals surface area contributed by atoms with Gasteiger partial charge in [-0.3, -0.25) is 9.59 Å². The lowest BCUT2D eigenvalue weighted by atomic mass is 10.0. The Bertz CT molecular complexity index is 789. The molecule has 6 heteroatoms. The standard InChI is InChI=1S/C22H25ClN2O3/c23-18-7-4-6-17(16-18)22(27)24-19-11-13-25(14-12-19)21(26)10-5-15-28-20-8-2-1-3-9-20/h1-4,6-9,16,19H,5,10-15H2,(H,24,27). The van der Waals surface area contributed by atoms with Crippen LogP contribution in [0.15, 0.2) is 54.6 Å². The van der Waals surface area contributed by atoms with Crippen LogP contribution in [0.1, 0.15) is 36.0 Å². The van der Waals surface area contributed by atoms with E-state index in [9.17, 15) is 9.59 Å². The van der Waals surface area contributed by atoms with Crippen LogP contribution in [0.5, 0.6) is 5.75 Å². The summed E-state index contributed by atoms with van der Waals surface area (Å²) in [5.41, 5.74) is 0.560. The molecule has 1 saturated heterocycles. The van der Waals surface area contributed by atoms with Gasteiger partial charge < -0.3 is 15.0 Å². The van der Waals surface area contributed by atoms with E-state index in [0.717, 1.165) is 18.6 Å². The number of likely N-dealkylation sites (tertiary alicyclic amines) is 1. The molecule has 1 aliphatic heterocycles. The van der Waals surface area contributed by atoms with Crippen LogP contribution in [-0.2, 0) is 4.79 Å². The number of nitrogens with zero attached hydrogens (tertiary/aromatic N) is 1. The van der Waals surface area contributed by atoms with E-state index in [1.54, 1.807) is 24.3 Å². The number of hydrogen-bond acceptors (Lipinski definition) is 3. The van der Waals surface area contributed by atoms with Crippen molar-refractivity contribution in [3.8, 4) is 5.75 Å². The lowest BCUT2D eigenvalue weighted by Gasteiger charge is -2.32. The fraction of sp³-hybridized carbons (Fsp3) is 0.364.